The summed E-state index contributed by atoms with van der Waals surface area (Å²) >= 11 is 0. The Morgan fingerprint density at radius 3 is 2.38 bits per heavy atom. The summed E-state index contributed by atoms with van der Waals surface area (Å²) in [5.74, 6) is -1.17. The summed E-state index contributed by atoms with van der Waals surface area (Å²) in [5.41, 5.74) is 17.0. The summed E-state index contributed by atoms with van der Waals surface area (Å²) in [6.07, 6.45) is 1.13. The SMILES string of the molecule is N=C(N)NCCC[C@@H](N)C(=O)N[C@@H](Cc1ccc(O)cc1)C(N)=O. The zero-order chi connectivity index (χ0) is 18.1. The summed E-state index contributed by atoms with van der Waals surface area (Å²) in [7, 11) is 0. The highest BCUT2D eigenvalue weighted by atomic mass is 16.3. The van der Waals surface area contributed by atoms with Crippen LogP contribution < -0.4 is 27.8 Å². The molecule has 0 aliphatic carbocycles. The molecule has 24 heavy (non-hydrogen) atoms. The predicted molar refractivity (Wildman–Crippen MR) is 90.1 cm³/mol. The molecule has 9 heteroatoms. The van der Waals surface area contributed by atoms with Crippen LogP contribution in [-0.4, -0.2) is 41.5 Å². The molecule has 0 heterocycles. The Morgan fingerprint density at radius 1 is 1.21 bits per heavy atom. The number of aromatic hydroxyl groups is 1. The molecular formula is C15H24N6O3. The minimum Gasteiger partial charge on any atom is -0.508 e. The van der Waals surface area contributed by atoms with Crippen molar-refractivity contribution in [1.82, 2.24) is 10.6 Å². The molecule has 1 rings (SSSR count). The molecule has 9 nitrogen and oxygen atoms in total. The van der Waals surface area contributed by atoms with Crippen molar-refractivity contribution in [2.45, 2.75) is 31.3 Å². The highest BCUT2D eigenvalue weighted by Crippen LogP contribution is 2.11. The molecule has 0 saturated carbocycles. The average molecular weight is 336 g/mol. The van der Waals surface area contributed by atoms with Gasteiger partial charge in [-0.2, -0.15) is 0 Å². The summed E-state index contributed by atoms with van der Waals surface area (Å²) in [6.45, 7) is 0.434. The molecule has 132 valence electrons. The molecule has 0 aliphatic rings. The normalized spacial score (nSPS) is 12.9. The predicted octanol–water partition coefficient (Wildman–Crippen LogP) is -1.50. The van der Waals surface area contributed by atoms with Crippen LogP contribution in [0, 0.1) is 5.41 Å². The third kappa shape index (κ3) is 6.97. The van der Waals surface area contributed by atoms with Crippen molar-refractivity contribution in [3.8, 4) is 5.75 Å². The fraction of sp³-hybridized carbons (Fsp3) is 0.400. The van der Waals surface area contributed by atoms with E-state index in [2.05, 4.69) is 10.6 Å². The molecule has 0 spiro atoms. The number of carbonyl (C=O) groups excluding carboxylic acids is 2. The van der Waals surface area contributed by atoms with E-state index in [1.54, 1.807) is 12.1 Å². The highest BCUT2D eigenvalue weighted by molar-refractivity contribution is 5.89. The molecule has 0 aliphatic heterocycles. The van der Waals surface area contributed by atoms with Gasteiger partial charge in [-0.1, -0.05) is 12.1 Å². The molecule has 2 amide bonds. The first-order chi connectivity index (χ1) is 11.3. The van der Waals surface area contributed by atoms with Crippen molar-refractivity contribution < 1.29 is 14.7 Å². The van der Waals surface area contributed by atoms with Gasteiger partial charge in [0, 0.05) is 13.0 Å². The number of carbonyl (C=O) groups is 2. The van der Waals surface area contributed by atoms with Crippen molar-refractivity contribution >= 4 is 17.8 Å². The first kappa shape index (κ1) is 19.2. The topological polar surface area (TPSA) is 180 Å². The van der Waals surface area contributed by atoms with Gasteiger partial charge < -0.3 is 32.9 Å². The van der Waals surface area contributed by atoms with Crippen LogP contribution in [0.5, 0.6) is 5.75 Å². The number of phenols is 1. The van der Waals surface area contributed by atoms with Gasteiger partial charge in [-0.05, 0) is 30.5 Å². The summed E-state index contributed by atoms with van der Waals surface area (Å²) in [5, 5.41) is 21.4. The molecule has 0 radical (unpaired) electrons. The molecule has 1 aromatic rings. The number of phenolic OH excluding ortho intramolecular Hbond substituents is 1. The lowest BCUT2D eigenvalue weighted by Gasteiger charge is -2.19. The van der Waals surface area contributed by atoms with E-state index in [9.17, 15) is 14.7 Å². The van der Waals surface area contributed by atoms with Crippen molar-refractivity contribution in [3.63, 3.8) is 0 Å². The van der Waals surface area contributed by atoms with E-state index >= 15 is 0 Å². The van der Waals surface area contributed by atoms with Crippen LogP contribution in [0.15, 0.2) is 24.3 Å². The summed E-state index contributed by atoms with van der Waals surface area (Å²) < 4.78 is 0. The number of nitrogens with two attached hydrogens (primary N) is 3. The minimum absolute atomic E-state index is 0.111. The number of nitrogens with one attached hydrogen (secondary N) is 3. The van der Waals surface area contributed by atoms with E-state index in [1.807, 2.05) is 0 Å². The smallest absolute Gasteiger partial charge is 0.240 e. The molecular weight excluding hydrogens is 312 g/mol. The Kier molecular flexibility index (Phi) is 7.50. The maximum absolute atomic E-state index is 12.1. The maximum Gasteiger partial charge on any atom is 0.240 e. The second-order valence-electron chi connectivity index (χ2n) is 5.42. The van der Waals surface area contributed by atoms with Crippen LogP contribution in [0.3, 0.4) is 0 Å². The van der Waals surface area contributed by atoms with Gasteiger partial charge in [0.2, 0.25) is 11.8 Å². The van der Waals surface area contributed by atoms with Crippen molar-refractivity contribution in [2.24, 2.45) is 17.2 Å². The summed E-state index contributed by atoms with van der Waals surface area (Å²) in [4.78, 5) is 23.6. The maximum atomic E-state index is 12.1. The quantitative estimate of drug-likeness (QED) is 0.163. The first-order valence-corrected chi connectivity index (χ1v) is 7.50. The van der Waals surface area contributed by atoms with Gasteiger partial charge in [0.1, 0.15) is 11.8 Å². The highest BCUT2D eigenvalue weighted by Gasteiger charge is 2.22. The number of guanidine groups is 1. The lowest BCUT2D eigenvalue weighted by molar-refractivity contribution is -0.128. The van der Waals surface area contributed by atoms with Crippen molar-refractivity contribution in [2.75, 3.05) is 6.54 Å². The Bertz CT molecular complexity index is 575. The molecule has 0 saturated heterocycles. The van der Waals surface area contributed by atoms with Crippen molar-refractivity contribution in [3.05, 3.63) is 29.8 Å². The van der Waals surface area contributed by atoms with Crippen LogP contribution in [-0.2, 0) is 16.0 Å². The third-order valence-electron chi connectivity index (χ3n) is 3.38. The number of amides is 2. The van der Waals surface area contributed by atoms with E-state index in [0.29, 0.717) is 19.4 Å². The largest absolute Gasteiger partial charge is 0.508 e. The van der Waals surface area contributed by atoms with Gasteiger partial charge >= 0.3 is 0 Å². The second-order valence-corrected chi connectivity index (χ2v) is 5.42. The fourth-order valence-corrected chi connectivity index (χ4v) is 2.05. The zero-order valence-corrected chi connectivity index (χ0v) is 13.3. The third-order valence-corrected chi connectivity index (χ3v) is 3.38. The Morgan fingerprint density at radius 2 is 1.83 bits per heavy atom. The molecule has 2 atom stereocenters. The van der Waals surface area contributed by atoms with Crippen LogP contribution in [0.2, 0.25) is 0 Å². The lowest BCUT2D eigenvalue weighted by Crippen LogP contribution is -2.51. The van der Waals surface area contributed by atoms with Crippen LogP contribution >= 0.6 is 0 Å². The van der Waals surface area contributed by atoms with Gasteiger partial charge in [0.25, 0.3) is 0 Å². The Balaban J connectivity index is 2.51. The van der Waals surface area contributed by atoms with Crippen LogP contribution in [0.25, 0.3) is 0 Å². The van der Waals surface area contributed by atoms with E-state index in [0.717, 1.165) is 5.56 Å². The standard InChI is InChI=1S/C15H24N6O3/c16-11(2-1-7-20-15(18)19)14(24)21-12(13(17)23)8-9-3-5-10(22)6-4-9/h3-6,11-12,22H,1-2,7-8,16H2,(H2,17,23)(H,21,24)(H4,18,19,20)/t11-,12+/m1/s1. The number of hydrogen-bond donors (Lipinski definition) is 7. The van der Waals surface area contributed by atoms with E-state index in [4.69, 9.17) is 22.6 Å². The summed E-state index contributed by atoms with van der Waals surface area (Å²) in [6, 6.07) is 4.59. The number of primary amides is 1. The first-order valence-electron chi connectivity index (χ1n) is 7.50. The number of hydrogen-bond acceptors (Lipinski definition) is 5. The Hall–Kier alpha value is -2.81. The van der Waals surface area contributed by atoms with Crippen LogP contribution in [0.1, 0.15) is 18.4 Å². The van der Waals surface area contributed by atoms with Gasteiger partial charge in [0.15, 0.2) is 5.96 Å². The monoisotopic (exact) mass is 336 g/mol. The molecule has 0 unspecified atom stereocenters. The fourth-order valence-electron chi connectivity index (χ4n) is 2.05. The molecule has 0 aromatic heterocycles. The van der Waals surface area contributed by atoms with Gasteiger partial charge in [-0.15, -0.1) is 0 Å². The van der Waals surface area contributed by atoms with Crippen molar-refractivity contribution in [1.29, 1.82) is 5.41 Å². The van der Waals surface area contributed by atoms with E-state index in [1.165, 1.54) is 12.1 Å². The number of rotatable bonds is 9. The van der Waals surface area contributed by atoms with Crippen LogP contribution in [0.4, 0.5) is 0 Å². The number of benzene rings is 1. The van der Waals surface area contributed by atoms with E-state index < -0.39 is 23.9 Å². The van der Waals surface area contributed by atoms with Gasteiger partial charge in [-0.3, -0.25) is 15.0 Å². The second kappa shape index (κ2) is 9.36. The molecule has 10 N–H and O–H groups in total. The average Bonchev–Trinajstić information content (AvgIpc) is 2.52. The minimum atomic E-state index is -0.886. The molecule has 1 aromatic carbocycles. The molecule has 0 fully saturated rings. The Labute approximate surface area is 140 Å². The van der Waals surface area contributed by atoms with E-state index in [-0.39, 0.29) is 18.1 Å². The lowest BCUT2D eigenvalue weighted by atomic mass is 10.0. The van der Waals surface area contributed by atoms with Gasteiger partial charge in [0.05, 0.1) is 6.04 Å². The molecule has 0 bridgehead atoms. The van der Waals surface area contributed by atoms with Gasteiger partial charge in [-0.25, -0.2) is 0 Å². The zero-order valence-electron chi connectivity index (χ0n) is 13.3.